The van der Waals surface area contributed by atoms with Gasteiger partial charge in [0.1, 0.15) is 5.56 Å². The van der Waals surface area contributed by atoms with E-state index in [2.05, 4.69) is 15.3 Å². The number of amides is 1. The largest absolute Gasteiger partial charge is 0.478 e. The SMILES string of the molecule is CCC(C(=CC(=O)O)c1ccccc1)c1[nH]c2c(C(F)(F)F)cccc2c(=O)c1C(=O)Nc1nccs1. The number of aromatic nitrogens is 2. The van der Waals surface area contributed by atoms with Crippen LogP contribution in [-0.4, -0.2) is 27.0 Å². The number of carbonyl (C=O) groups is 2. The van der Waals surface area contributed by atoms with Gasteiger partial charge in [0.05, 0.1) is 11.1 Å². The number of fused-ring (bicyclic) bond motifs is 1. The number of carbonyl (C=O) groups excluding carboxylic acids is 1. The number of pyridine rings is 1. The maximum Gasteiger partial charge on any atom is 0.418 e. The molecule has 2 heterocycles. The van der Waals surface area contributed by atoms with Crippen LogP contribution < -0.4 is 10.7 Å². The lowest BCUT2D eigenvalue weighted by Crippen LogP contribution is -2.27. The van der Waals surface area contributed by atoms with Gasteiger partial charge in [-0.3, -0.25) is 14.9 Å². The third-order valence-corrected chi connectivity index (χ3v) is 6.46. The van der Waals surface area contributed by atoms with E-state index in [-0.39, 0.29) is 28.2 Å². The molecule has 3 N–H and O–H groups in total. The molecule has 0 spiro atoms. The van der Waals surface area contributed by atoms with Crippen LogP contribution in [0.3, 0.4) is 0 Å². The van der Waals surface area contributed by atoms with Crippen LogP contribution in [0.25, 0.3) is 16.5 Å². The van der Waals surface area contributed by atoms with Crippen LogP contribution in [0, 0.1) is 0 Å². The number of anilines is 1. The van der Waals surface area contributed by atoms with Gasteiger partial charge in [-0.25, -0.2) is 9.78 Å². The lowest BCUT2D eigenvalue weighted by molar-refractivity contribution is -0.136. The molecule has 4 rings (SSSR count). The quantitative estimate of drug-likeness (QED) is 0.259. The van der Waals surface area contributed by atoms with E-state index in [0.29, 0.717) is 5.56 Å². The zero-order valence-corrected chi connectivity index (χ0v) is 20.1. The lowest BCUT2D eigenvalue weighted by Gasteiger charge is -2.23. The van der Waals surface area contributed by atoms with Gasteiger partial charge in [-0.05, 0) is 29.7 Å². The van der Waals surface area contributed by atoms with Crippen LogP contribution in [0.4, 0.5) is 18.3 Å². The first-order chi connectivity index (χ1) is 17.6. The zero-order valence-electron chi connectivity index (χ0n) is 19.3. The fourth-order valence-corrected chi connectivity index (χ4v) is 4.75. The van der Waals surface area contributed by atoms with Crippen molar-refractivity contribution in [2.24, 2.45) is 0 Å². The smallest absolute Gasteiger partial charge is 0.418 e. The third kappa shape index (κ3) is 5.31. The summed E-state index contributed by atoms with van der Waals surface area (Å²) in [7, 11) is 0. The summed E-state index contributed by atoms with van der Waals surface area (Å²) in [6, 6.07) is 11.5. The number of nitrogens with one attached hydrogen (secondary N) is 2. The Labute approximate surface area is 212 Å². The van der Waals surface area contributed by atoms with Crippen LogP contribution in [0.15, 0.2) is 71.0 Å². The highest BCUT2D eigenvalue weighted by molar-refractivity contribution is 7.13. The molecule has 11 heteroatoms. The molecule has 37 heavy (non-hydrogen) atoms. The molecule has 0 bridgehead atoms. The number of alkyl halides is 3. The maximum absolute atomic E-state index is 13.9. The van der Waals surface area contributed by atoms with Crippen molar-refractivity contribution in [2.45, 2.75) is 25.4 Å². The van der Waals surface area contributed by atoms with Crippen LogP contribution in [-0.2, 0) is 11.0 Å². The number of thiazole rings is 1. The van der Waals surface area contributed by atoms with Crippen molar-refractivity contribution in [3.8, 4) is 0 Å². The topological polar surface area (TPSA) is 112 Å². The summed E-state index contributed by atoms with van der Waals surface area (Å²) in [5, 5.41) is 13.6. The lowest BCUT2D eigenvalue weighted by atomic mass is 9.84. The standard InChI is InChI=1S/C26H20F3N3O4S/c1-2-15(17(13-19(33)34)14-7-4-3-5-8-14)22-20(24(36)32-25-30-11-12-37-25)23(35)16-9-6-10-18(21(16)31-22)26(27,28)29/h3-13,15H,2H2,1H3,(H,31,35)(H,33,34)(H,30,32,36). The molecule has 2 aromatic heterocycles. The average molecular weight is 528 g/mol. The number of aromatic amines is 1. The van der Waals surface area contributed by atoms with E-state index >= 15 is 0 Å². The molecular formula is C26H20F3N3O4S. The summed E-state index contributed by atoms with van der Waals surface area (Å²) in [6.07, 6.45) is -2.24. The van der Waals surface area contributed by atoms with Gasteiger partial charge in [0, 0.05) is 34.7 Å². The van der Waals surface area contributed by atoms with Gasteiger partial charge in [-0.2, -0.15) is 13.2 Å². The van der Waals surface area contributed by atoms with Crippen LogP contribution in [0.5, 0.6) is 0 Å². The molecule has 7 nitrogen and oxygen atoms in total. The van der Waals surface area contributed by atoms with Crippen LogP contribution in [0.2, 0.25) is 0 Å². The van der Waals surface area contributed by atoms with E-state index < -0.39 is 46.0 Å². The summed E-state index contributed by atoms with van der Waals surface area (Å²) < 4.78 is 41.6. The minimum atomic E-state index is -4.79. The maximum atomic E-state index is 13.9. The Morgan fingerprint density at radius 1 is 1.16 bits per heavy atom. The highest BCUT2D eigenvalue weighted by atomic mass is 32.1. The van der Waals surface area contributed by atoms with Crippen molar-refractivity contribution in [3.05, 3.63) is 98.8 Å². The Bertz CT molecular complexity index is 1550. The predicted octanol–water partition coefficient (Wildman–Crippen LogP) is 5.92. The first kappa shape index (κ1) is 25.8. The molecule has 0 radical (unpaired) electrons. The summed E-state index contributed by atoms with van der Waals surface area (Å²) >= 11 is 1.10. The number of aliphatic carboxylic acids is 1. The van der Waals surface area contributed by atoms with E-state index in [0.717, 1.165) is 29.5 Å². The fourth-order valence-electron chi connectivity index (χ4n) is 4.23. The number of nitrogens with zero attached hydrogens (tertiary/aromatic N) is 1. The molecule has 1 unspecified atom stereocenters. The van der Waals surface area contributed by atoms with Gasteiger partial charge in [0.2, 0.25) is 5.43 Å². The molecule has 2 aromatic carbocycles. The van der Waals surface area contributed by atoms with Crippen molar-refractivity contribution >= 4 is 44.8 Å². The molecule has 1 atom stereocenters. The highest BCUT2D eigenvalue weighted by Crippen LogP contribution is 2.38. The Hall–Kier alpha value is -4.25. The van der Waals surface area contributed by atoms with Crippen molar-refractivity contribution in [1.82, 2.24) is 9.97 Å². The first-order valence-corrected chi connectivity index (χ1v) is 12.0. The number of carboxylic acid groups (broad SMARTS) is 1. The van der Waals surface area contributed by atoms with E-state index in [1.807, 2.05) is 0 Å². The van der Waals surface area contributed by atoms with Crippen LogP contribution in [0.1, 0.15) is 46.4 Å². The Kier molecular flexibility index (Phi) is 7.25. The second-order valence-corrected chi connectivity index (χ2v) is 8.92. The van der Waals surface area contributed by atoms with E-state index in [1.54, 1.807) is 42.6 Å². The van der Waals surface area contributed by atoms with E-state index in [9.17, 15) is 32.7 Å². The molecule has 4 aromatic rings. The molecule has 0 aliphatic heterocycles. The molecule has 0 saturated carbocycles. The van der Waals surface area contributed by atoms with Gasteiger partial charge in [0.15, 0.2) is 5.13 Å². The normalized spacial score (nSPS) is 12.9. The van der Waals surface area contributed by atoms with Crippen molar-refractivity contribution in [3.63, 3.8) is 0 Å². The number of allylic oxidation sites excluding steroid dienone is 1. The van der Waals surface area contributed by atoms with Crippen molar-refractivity contribution < 1.29 is 27.9 Å². The monoisotopic (exact) mass is 527 g/mol. The summed E-state index contributed by atoms with van der Waals surface area (Å²) in [5.41, 5.74) is -2.31. The van der Waals surface area contributed by atoms with Gasteiger partial charge in [-0.1, -0.05) is 43.3 Å². The summed E-state index contributed by atoms with van der Waals surface area (Å²) in [5.74, 6) is -3.09. The second kappa shape index (κ2) is 10.4. The number of hydrogen-bond acceptors (Lipinski definition) is 5. The number of H-pyrrole nitrogens is 1. The average Bonchev–Trinajstić information content (AvgIpc) is 3.36. The third-order valence-electron chi connectivity index (χ3n) is 5.77. The highest BCUT2D eigenvalue weighted by Gasteiger charge is 2.35. The van der Waals surface area contributed by atoms with Crippen LogP contribution >= 0.6 is 11.3 Å². The number of carboxylic acids is 1. The van der Waals surface area contributed by atoms with Crippen molar-refractivity contribution in [2.75, 3.05) is 5.32 Å². The predicted molar refractivity (Wildman–Crippen MR) is 135 cm³/mol. The van der Waals surface area contributed by atoms with Crippen molar-refractivity contribution in [1.29, 1.82) is 0 Å². The van der Waals surface area contributed by atoms with E-state index in [1.165, 1.54) is 12.3 Å². The number of hydrogen-bond donors (Lipinski definition) is 3. The molecule has 0 aliphatic rings. The minimum Gasteiger partial charge on any atom is -0.478 e. The number of halogens is 3. The number of para-hydroxylation sites is 1. The van der Waals surface area contributed by atoms with Gasteiger partial charge >= 0.3 is 12.1 Å². The molecule has 1 amide bonds. The Morgan fingerprint density at radius 3 is 2.49 bits per heavy atom. The summed E-state index contributed by atoms with van der Waals surface area (Å²) in [4.78, 5) is 45.4. The summed E-state index contributed by atoms with van der Waals surface area (Å²) in [6.45, 7) is 1.68. The molecular weight excluding hydrogens is 507 g/mol. The Balaban J connectivity index is 2.05. The second-order valence-electron chi connectivity index (χ2n) is 8.02. The van der Waals surface area contributed by atoms with Gasteiger partial charge < -0.3 is 10.1 Å². The van der Waals surface area contributed by atoms with Gasteiger partial charge in [-0.15, -0.1) is 11.3 Å². The zero-order chi connectivity index (χ0) is 26.7. The number of benzene rings is 2. The molecule has 0 saturated heterocycles. The Morgan fingerprint density at radius 2 is 1.89 bits per heavy atom. The minimum absolute atomic E-state index is 0.123. The molecule has 190 valence electrons. The first-order valence-electron chi connectivity index (χ1n) is 11.1. The fraction of sp³-hybridized carbons (Fsp3) is 0.154. The molecule has 0 aliphatic carbocycles. The molecule has 0 fully saturated rings. The number of rotatable bonds is 7. The van der Waals surface area contributed by atoms with E-state index in [4.69, 9.17) is 0 Å². The van der Waals surface area contributed by atoms with Gasteiger partial charge in [0.25, 0.3) is 5.91 Å².